The molecule has 2 aromatic rings. The van der Waals surface area contributed by atoms with Crippen molar-refractivity contribution in [3.63, 3.8) is 0 Å². The van der Waals surface area contributed by atoms with Crippen LogP contribution in [0.1, 0.15) is 22.9 Å². The molecule has 2 saturated heterocycles. The van der Waals surface area contributed by atoms with Gasteiger partial charge in [-0.2, -0.15) is 0 Å². The van der Waals surface area contributed by atoms with E-state index < -0.39 is 5.92 Å². The summed E-state index contributed by atoms with van der Waals surface area (Å²) in [6.07, 6.45) is 6.63. The van der Waals surface area contributed by atoms with Gasteiger partial charge in [0.1, 0.15) is 5.82 Å². The number of halogens is 2. The van der Waals surface area contributed by atoms with Gasteiger partial charge in [-0.05, 0) is 23.8 Å². The second-order valence-electron chi connectivity index (χ2n) is 6.63. The SMILES string of the molecule is C=Cc1ccc(N2CC(c3nccnc3N3CC(F)(F)C3)C2)nc1C=C. The number of hydrogen-bond donors (Lipinski definition) is 0. The Kier molecular flexibility index (Phi) is 3.94. The summed E-state index contributed by atoms with van der Waals surface area (Å²) in [5.74, 6) is -1.04. The van der Waals surface area contributed by atoms with Crippen LogP contribution < -0.4 is 9.80 Å². The van der Waals surface area contributed by atoms with Crippen molar-refractivity contribution >= 4 is 23.8 Å². The number of anilines is 2. The van der Waals surface area contributed by atoms with Crippen molar-refractivity contribution in [1.82, 2.24) is 15.0 Å². The lowest BCUT2D eigenvalue weighted by atomic mass is 9.94. The highest BCUT2D eigenvalue weighted by molar-refractivity contribution is 5.63. The van der Waals surface area contributed by atoms with E-state index in [1.165, 1.54) is 0 Å². The third-order valence-corrected chi connectivity index (χ3v) is 4.80. The van der Waals surface area contributed by atoms with E-state index in [1.54, 1.807) is 29.4 Å². The van der Waals surface area contributed by atoms with Crippen molar-refractivity contribution in [2.45, 2.75) is 11.8 Å². The van der Waals surface area contributed by atoms with Crippen LogP contribution in [0.3, 0.4) is 0 Å². The Morgan fingerprint density at radius 2 is 1.77 bits per heavy atom. The summed E-state index contributed by atoms with van der Waals surface area (Å²) in [6.45, 7) is 8.45. The molecule has 0 unspecified atom stereocenters. The molecule has 2 aliphatic rings. The fraction of sp³-hybridized carbons (Fsp3) is 0.316. The van der Waals surface area contributed by atoms with Crippen LogP contribution in [-0.4, -0.2) is 47.1 Å². The van der Waals surface area contributed by atoms with Crippen molar-refractivity contribution in [2.24, 2.45) is 0 Å². The van der Waals surface area contributed by atoms with Gasteiger partial charge < -0.3 is 9.80 Å². The Morgan fingerprint density at radius 3 is 2.42 bits per heavy atom. The Morgan fingerprint density at radius 1 is 1.04 bits per heavy atom. The molecule has 0 amide bonds. The van der Waals surface area contributed by atoms with E-state index >= 15 is 0 Å². The fourth-order valence-corrected chi connectivity index (χ4v) is 3.36. The highest BCUT2D eigenvalue weighted by Crippen LogP contribution is 2.38. The van der Waals surface area contributed by atoms with Crippen molar-refractivity contribution in [1.29, 1.82) is 0 Å². The molecule has 7 heteroatoms. The van der Waals surface area contributed by atoms with Crippen LogP contribution in [0.15, 0.2) is 37.7 Å². The van der Waals surface area contributed by atoms with Crippen LogP contribution in [0.5, 0.6) is 0 Å². The lowest BCUT2D eigenvalue weighted by Crippen LogP contribution is -2.57. The first-order valence-corrected chi connectivity index (χ1v) is 8.45. The maximum atomic E-state index is 13.2. The summed E-state index contributed by atoms with van der Waals surface area (Å²) in [7, 11) is 0. The number of aromatic nitrogens is 3. The minimum Gasteiger partial charge on any atom is -0.355 e. The average molecular weight is 355 g/mol. The van der Waals surface area contributed by atoms with Gasteiger partial charge in [-0.15, -0.1) is 0 Å². The quantitative estimate of drug-likeness (QED) is 0.824. The van der Waals surface area contributed by atoms with Gasteiger partial charge in [0.2, 0.25) is 0 Å². The first-order valence-electron chi connectivity index (χ1n) is 8.45. The molecule has 0 atom stereocenters. The minimum absolute atomic E-state index is 0.154. The van der Waals surface area contributed by atoms with Gasteiger partial charge in [-0.1, -0.05) is 19.2 Å². The predicted octanol–water partition coefficient (Wildman–Crippen LogP) is 3.22. The summed E-state index contributed by atoms with van der Waals surface area (Å²) >= 11 is 0. The zero-order chi connectivity index (χ0) is 18.3. The van der Waals surface area contributed by atoms with E-state index in [9.17, 15) is 8.78 Å². The molecule has 0 saturated carbocycles. The molecule has 0 spiro atoms. The van der Waals surface area contributed by atoms with Crippen molar-refractivity contribution in [3.8, 4) is 0 Å². The number of nitrogens with zero attached hydrogens (tertiary/aromatic N) is 5. The van der Waals surface area contributed by atoms with Crippen LogP contribution in [0.2, 0.25) is 0 Å². The summed E-state index contributed by atoms with van der Waals surface area (Å²) in [5.41, 5.74) is 2.52. The van der Waals surface area contributed by atoms with E-state index in [0.29, 0.717) is 5.82 Å². The maximum absolute atomic E-state index is 13.2. The average Bonchev–Trinajstić information content (AvgIpc) is 2.58. The van der Waals surface area contributed by atoms with Crippen LogP contribution in [0.4, 0.5) is 20.4 Å². The van der Waals surface area contributed by atoms with E-state index in [4.69, 9.17) is 0 Å². The molecule has 0 aliphatic carbocycles. The van der Waals surface area contributed by atoms with E-state index in [-0.39, 0.29) is 19.0 Å². The van der Waals surface area contributed by atoms with E-state index in [2.05, 4.69) is 33.0 Å². The summed E-state index contributed by atoms with van der Waals surface area (Å²) < 4.78 is 26.4. The summed E-state index contributed by atoms with van der Waals surface area (Å²) in [6, 6.07) is 3.92. The number of alkyl halides is 2. The van der Waals surface area contributed by atoms with E-state index in [0.717, 1.165) is 35.9 Å². The molecule has 0 aromatic carbocycles. The zero-order valence-electron chi connectivity index (χ0n) is 14.3. The van der Waals surface area contributed by atoms with Crippen molar-refractivity contribution in [3.05, 3.63) is 54.6 Å². The molecule has 4 heterocycles. The van der Waals surface area contributed by atoms with Gasteiger partial charge >= 0.3 is 0 Å². The largest absolute Gasteiger partial charge is 0.355 e. The molecule has 134 valence electrons. The monoisotopic (exact) mass is 355 g/mol. The second kappa shape index (κ2) is 6.16. The Balaban J connectivity index is 1.49. The highest BCUT2D eigenvalue weighted by atomic mass is 19.3. The highest BCUT2D eigenvalue weighted by Gasteiger charge is 2.46. The van der Waals surface area contributed by atoms with Crippen molar-refractivity contribution < 1.29 is 8.78 Å². The first-order chi connectivity index (χ1) is 12.5. The molecule has 0 radical (unpaired) electrons. The topological polar surface area (TPSA) is 45.2 Å². The summed E-state index contributed by atoms with van der Waals surface area (Å²) in [4.78, 5) is 17.0. The minimum atomic E-state index is -2.63. The van der Waals surface area contributed by atoms with Crippen LogP contribution in [-0.2, 0) is 0 Å². The Hall–Kier alpha value is -2.83. The molecule has 4 rings (SSSR count). The molecule has 2 fully saturated rings. The molecule has 5 nitrogen and oxygen atoms in total. The Bertz CT molecular complexity index is 853. The van der Waals surface area contributed by atoms with Gasteiger partial charge in [0.25, 0.3) is 5.92 Å². The molecule has 0 bridgehead atoms. The molecule has 2 aliphatic heterocycles. The molecular formula is C19H19F2N5. The lowest BCUT2D eigenvalue weighted by Gasteiger charge is -2.44. The smallest absolute Gasteiger partial charge is 0.282 e. The summed E-state index contributed by atoms with van der Waals surface area (Å²) in [5, 5.41) is 0. The number of pyridine rings is 1. The normalized spacial score (nSPS) is 18.8. The predicted molar refractivity (Wildman–Crippen MR) is 98.6 cm³/mol. The van der Waals surface area contributed by atoms with Gasteiger partial charge in [-0.3, -0.25) is 4.98 Å². The van der Waals surface area contributed by atoms with Crippen LogP contribution in [0.25, 0.3) is 12.2 Å². The second-order valence-corrected chi connectivity index (χ2v) is 6.63. The van der Waals surface area contributed by atoms with Gasteiger partial charge in [0, 0.05) is 31.4 Å². The first kappa shape index (κ1) is 16.6. The van der Waals surface area contributed by atoms with E-state index in [1.807, 2.05) is 12.1 Å². The molecule has 2 aromatic heterocycles. The Labute approximate surface area is 150 Å². The number of rotatable bonds is 5. The number of hydrogen-bond acceptors (Lipinski definition) is 5. The van der Waals surface area contributed by atoms with Crippen LogP contribution >= 0.6 is 0 Å². The lowest BCUT2D eigenvalue weighted by molar-refractivity contribution is -0.0268. The standard InChI is InChI=1S/C19H19F2N5/c1-3-13-5-6-16(24-15(13)4-2)25-9-14(10-25)17-18(23-8-7-22-17)26-11-19(20,21)12-26/h3-8,14H,1-2,9-12H2. The van der Waals surface area contributed by atoms with Gasteiger partial charge in [-0.25, -0.2) is 18.7 Å². The molecule has 0 N–H and O–H groups in total. The third-order valence-electron chi connectivity index (χ3n) is 4.80. The van der Waals surface area contributed by atoms with Gasteiger partial charge in [0.15, 0.2) is 5.82 Å². The van der Waals surface area contributed by atoms with Crippen molar-refractivity contribution in [2.75, 3.05) is 36.0 Å². The zero-order valence-corrected chi connectivity index (χ0v) is 14.3. The van der Waals surface area contributed by atoms with Crippen LogP contribution in [0, 0.1) is 0 Å². The molecular weight excluding hydrogens is 336 g/mol. The third kappa shape index (κ3) is 2.83. The van der Waals surface area contributed by atoms with Gasteiger partial charge in [0.05, 0.1) is 24.5 Å². The fourth-order valence-electron chi connectivity index (χ4n) is 3.36. The maximum Gasteiger partial charge on any atom is 0.282 e. The molecule has 26 heavy (non-hydrogen) atoms.